The van der Waals surface area contributed by atoms with Gasteiger partial charge in [0.2, 0.25) is 5.91 Å². The number of nitrogens with two attached hydrogens (primary N) is 1. The number of carbonyl (C=O) groups excluding carboxylic acids is 3. The molecule has 0 saturated carbocycles. The van der Waals surface area contributed by atoms with Gasteiger partial charge < -0.3 is 25.6 Å². The van der Waals surface area contributed by atoms with Gasteiger partial charge in [-0.25, -0.2) is 0 Å². The smallest absolute Gasteiger partial charge is 0.264 e. The fourth-order valence-electron chi connectivity index (χ4n) is 3.68. The maximum absolute atomic E-state index is 12.5. The number of amides is 2. The Bertz CT molecular complexity index is 732. The van der Waals surface area contributed by atoms with Crippen molar-refractivity contribution in [2.45, 2.75) is 43.4 Å². The average molecular weight is 389 g/mol. The van der Waals surface area contributed by atoms with Gasteiger partial charge in [-0.1, -0.05) is 6.07 Å². The van der Waals surface area contributed by atoms with E-state index >= 15 is 0 Å². The topological polar surface area (TPSA) is 120 Å². The zero-order valence-electron chi connectivity index (χ0n) is 14.9. The first-order valence-corrected chi connectivity index (χ1v) is 9.92. The summed E-state index contributed by atoms with van der Waals surface area (Å²) in [6.07, 6.45) is 2.78. The molecule has 27 heavy (non-hydrogen) atoms. The summed E-state index contributed by atoms with van der Waals surface area (Å²) in [7, 11) is 0. The van der Waals surface area contributed by atoms with Gasteiger partial charge in [0.05, 0.1) is 23.0 Å². The molecule has 0 bridgehead atoms. The molecule has 2 fully saturated rings. The number of aldehydes is 1. The maximum atomic E-state index is 12.5. The number of carbonyl (C=O) groups is 3. The Balaban J connectivity index is 1.54. The quantitative estimate of drug-likeness (QED) is 0.659. The largest absolute Gasteiger partial charge is 0.327 e. The van der Waals surface area contributed by atoms with Gasteiger partial charge in [-0.3, -0.25) is 9.59 Å². The third-order valence-corrected chi connectivity index (χ3v) is 5.98. The van der Waals surface area contributed by atoms with Gasteiger partial charge in [-0.15, -0.1) is 11.3 Å². The lowest BCUT2D eigenvalue weighted by molar-refractivity contribution is -0.132. The average Bonchev–Trinajstić information content (AvgIpc) is 3.44. The summed E-state index contributed by atoms with van der Waals surface area (Å²) in [6, 6.07) is 3.95. The van der Waals surface area contributed by atoms with Gasteiger partial charge in [0.1, 0.15) is 12.3 Å². The first-order valence-electron chi connectivity index (χ1n) is 9.04. The number of hydrogen-bond donors (Lipinski definition) is 2. The van der Waals surface area contributed by atoms with Crippen LogP contribution in [-0.2, 0) is 9.59 Å². The van der Waals surface area contributed by atoms with Crippen molar-refractivity contribution in [2.24, 2.45) is 5.73 Å². The van der Waals surface area contributed by atoms with Crippen LogP contribution in [0.15, 0.2) is 17.5 Å². The third kappa shape index (κ3) is 4.18. The molecule has 0 spiro atoms. The van der Waals surface area contributed by atoms with Crippen molar-refractivity contribution >= 4 is 29.4 Å². The predicted octanol–water partition coefficient (Wildman–Crippen LogP) is -0.0384. The second-order valence-electron chi connectivity index (χ2n) is 6.90. The van der Waals surface area contributed by atoms with Crippen LogP contribution in [0, 0.1) is 11.3 Å². The van der Waals surface area contributed by atoms with Crippen LogP contribution in [0.25, 0.3) is 0 Å². The molecule has 1 aromatic rings. The molecule has 0 unspecified atom stereocenters. The molecule has 0 radical (unpaired) electrons. The van der Waals surface area contributed by atoms with Crippen LogP contribution in [0.1, 0.15) is 28.9 Å². The van der Waals surface area contributed by atoms with Crippen molar-refractivity contribution in [1.82, 2.24) is 15.1 Å². The molecule has 3 rings (SSSR count). The van der Waals surface area contributed by atoms with Crippen LogP contribution < -0.4 is 11.1 Å². The van der Waals surface area contributed by atoms with Crippen LogP contribution >= 0.6 is 11.3 Å². The van der Waals surface area contributed by atoms with Crippen LogP contribution in [-0.4, -0.2) is 71.7 Å². The molecule has 3 N–H and O–H groups in total. The Morgan fingerprint density at radius 2 is 2.30 bits per heavy atom. The minimum Gasteiger partial charge on any atom is -0.327 e. The van der Waals surface area contributed by atoms with Crippen LogP contribution in [0.5, 0.6) is 0 Å². The number of hydrogen-bond acceptors (Lipinski definition) is 7. The van der Waals surface area contributed by atoms with E-state index in [4.69, 9.17) is 11.0 Å². The standard InChI is InChI=1S/C18H23N5O3S/c19-8-13-3-1-5-22(13)17(25)15(20)9-21-12-7-14(11-24)23(10-12)18(26)16-4-2-6-27-16/h2,4,6,11-15,21H,1,3,5,7,9-10,20H2/t12-,13-,14-,15-/m0/s1. The Morgan fingerprint density at radius 1 is 1.48 bits per heavy atom. The van der Waals surface area contributed by atoms with Gasteiger partial charge in [0, 0.05) is 25.7 Å². The van der Waals surface area contributed by atoms with Crippen molar-refractivity contribution in [3.63, 3.8) is 0 Å². The van der Waals surface area contributed by atoms with Crippen molar-refractivity contribution in [2.75, 3.05) is 19.6 Å². The lowest BCUT2D eigenvalue weighted by Gasteiger charge is -2.24. The Kier molecular flexibility index (Phi) is 6.21. The van der Waals surface area contributed by atoms with Crippen molar-refractivity contribution in [1.29, 1.82) is 5.26 Å². The van der Waals surface area contributed by atoms with Gasteiger partial charge in [-0.2, -0.15) is 5.26 Å². The lowest BCUT2D eigenvalue weighted by atomic mass is 10.1. The predicted molar refractivity (Wildman–Crippen MR) is 99.9 cm³/mol. The maximum Gasteiger partial charge on any atom is 0.264 e. The molecular weight excluding hydrogens is 366 g/mol. The van der Waals surface area contributed by atoms with E-state index in [-0.39, 0.29) is 24.4 Å². The molecule has 2 aliphatic rings. The summed E-state index contributed by atoms with van der Waals surface area (Å²) in [6.45, 7) is 1.20. The summed E-state index contributed by atoms with van der Waals surface area (Å²) < 4.78 is 0. The molecule has 3 heterocycles. The summed E-state index contributed by atoms with van der Waals surface area (Å²) >= 11 is 1.35. The zero-order valence-corrected chi connectivity index (χ0v) is 15.7. The van der Waals surface area contributed by atoms with Crippen LogP contribution in [0.4, 0.5) is 0 Å². The molecule has 0 aromatic carbocycles. The minimum atomic E-state index is -0.754. The van der Waals surface area contributed by atoms with Crippen molar-refractivity contribution in [3.8, 4) is 6.07 Å². The second-order valence-corrected chi connectivity index (χ2v) is 7.85. The number of likely N-dealkylation sites (tertiary alicyclic amines) is 2. The van der Waals surface area contributed by atoms with Gasteiger partial charge >= 0.3 is 0 Å². The van der Waals surface area contributed by atoms with Crippen LogP contribution in [0.2, 0.25) is 0 Å². The highest BCUT2D eigenvalue weighted by Crippen LogP contribution is 2.22. The second kappa shape index (κ2) is 8.61. The summed E-state index contributed by atoms with van der Waals surface area (Å²) in [5.74, 6) is -0.385. The Morgan fingerprint density at radius 3 is 2.96 bits per heavy atom. The van der Waals surface area contributed by atoms with Crippen molar-refractivity contribution in [3.05, 3.63) is 22.4 Å². The molecule has 2 amide bonds. The number of thiophene rings is 1. The van der Waals surface area contributed by atoms with E-state index in [2.05, 4.69) is 11.4 Å². The number of nitrogens with zero attached hydrogens (tertiary/aromatic N) is 3. The third-order valence-electron chi connectivity index (χ3n) is 5.12. The molecular formula is C18H23N5O3S. The molecule has 8 nitrogen and oxygen atoms in total. The lowest BCUT2D eigenvalue weighted by Crippen LogP contribution is -2.51. The fraction of sp³-hybridized carbons (Fsp3) is 0.556. The molecule has 144 valence electrons. The van der Waals surface area contributed by atoms with Gasteiger partial charge in [0.25, 0.3) is 5.91 Å². The van der Waals surface area contributed by atoms with E-state index in [9.17, 15) is 14.4 Å². The highest BCUT2D eigenvalue weighted by atomic mass is 32.1. The number of nitrogens with one attached hydrogen (secondary N) is 1. The normalized spacial score (nSPS) is 26.0. The Hall–Kier alpha value is -2.28. The molecule has 2 aliphatic heterocycles. The fourth-order valence-corrected chi connectivity index (χ4v) is 4.36. The number of nitriles is 1. The van der Waals surface area contributed by atoms with Crippen LogP contribution in [0.3, 0.4) is 0 Å². The monoisotopic (exact) mass is 389 g/mol. The van der Waals surface area contributed by atoms with E-state index in [0.29, 0.717) is 30.8 Å². The summed E-state index contributed by atoms with van der Waals surface area (Å²) in [5, 5.41) is 14.1. The van der Waals surface area contributed by atoms with E-state index in [0.717, 1.165) is 12.7 Å². The molecule has 0 aliphatic carbocycles. The first-order chi connectivity index (χ1) is 13.0. The highest BCUT2D eigenvalue weighted by molar-refractivity contribution is 7.12. The molecule has 4 atom stereocenters. The minimum absolute atomic E-state index is 0.103. The van der Waals surface area contributed by atoms with Crippen molar-refractivity contribution < 1.29 is 14.4 Å². The highest BCUT2D eigenvalue weighted by Gasteiger charge is 2.37. The van der Waals surface area contributed by atoms with E-state index in [1.807, 2.05) is 5.38 Å². The van der Waals surface area contributed by atoms with Gasteiger partial charge in [0.15, 0.2) is 0 Å². The van der Waals surface area contributed by atoms with E-state index < -0.39 is 18.1 Å². The van der Waals surface area contributed by atoms with Gasteiger partial charge in [-0.05, 0) is 30.7 Å². The summed E-state index contributed by atoms with van der Waals surface area (Å²) in [5.41, 5.74) is 6.02. The Labute approximate surface area is 161 Å². The zero-order chi connectivity index (χ0) is 19.4. The number of rotatable bonds is 6. The molecule has 9 heteroatoms. The SMILES string of the molecule is N#C[C@@H]1CCCN1C(=O)[C@@H](N)CN[C@H]1C[C@@H](C=O)N(C(=O)c2cccs2)C1. The first kappa shape index (κ1) is 19.5. The molecule has 2 saturated heterocycles. The molecule has 1 aromatic heterocycles. The summed E-state index contributed by atoms with van der Waals surface area (Å²) in [4.78, 5) is 40.1. The van der Waals surface area contributed by atoms with E-state index in [1.165, 1.54) is 11.3 Å². The van der Waals surface area contributed by atoms with E-state index in [1.54, 1.807) is 21.9 Å².